The number of anilines is 1. The summed E-state index contributed by atoms with van der Waals surface area (Å²) < 4.78 is 26.5. The second-order valence-corrected chi connectivity index (χ2v) is 9.52. The Labute approximate surface area is 225 Å². The van der Waals surface area contributed by atoms with Gasteiger partial charge in [0.2, 0.25) is 5.88 Å². The second-order valence-electron chi connectivity index (χ2n) is 8.49. The van der Waals surface area contributed by atoms with Crippen molar-refractivity contribution in [3.05, 3.63) is 60.1 Å². The number of aryl methyl sites for hydroxylation is 1. The van der Waals surface area contributed by atoms with E-state index in [1.165, 1.54) is 49.2 Å². The third-order valence-electron chi connectivity index (χ3n) is 5.81. The van der Waals surface area contributed by atoms with Gasteiger partial charge in [0.1, 0.15) is 17.4 Å². The van der Waals surface area contributed by atoms with Crippen LogP contribution in [0.15, 0.2) is 42.9 Å². The summed E-state index contributed by atoms with van der Waals surface area (Å²) >= 11 is 1.27. The van der Waals surface area contributed by atoms with Gasteiger partial charge in [-0.15, -0.1) is 11.3 Å². The predicted octanol–water partition coefficient (Wildman–Crippen LogP) is 4.98. The van der Waals surface area contributed by atoms with Crippen LogP contribution in [0.5, 0.6) is 11.6 Å². The number of halogens is 1. The largest absolute Gasteiger partial charge is 0.488 e. The van der Waals surface area contributed by atoms with Crippen LogP contribution in [0.1, 0.15) is 18.3 Å². The minimum Gasteiger partial charge on any atom is -0.488 e. The Morgan fingerprint density at radius 2 is 1.92 bits per heavy atom. The lowest BCUT2D eigenvalue weighted by atomic mass is 10.1. The Bertz CT molecular complexity index is 1750. The molecule has 0 radical (unpaired) electrons. The molecule has 0 bridgehead atoms. The first kappa shape index (κ1) is 25.7. The molecule has 0 aliphatic rings. The molecule has 0 aliphatic heterocycles. The molecule has 1 amide bonds. The number of thiazole rings is 1. The number of amides is 1. The molecule has 1 atom stereocenters. The molecule has 1 N–H and O–H groups in total. The van der Waals surface area contributed by atoms with E-state index in [4.69, 9.17) is 9.47 Å². The maximum Gasteiger partial charge on any atom is 0.412 e. The fourth-order valence-corrected chi connectivity index (χ4v) is 4.93. The molecular weight excluding hydrogens is 525 g/mol. The third kappa shape index (κ3) is 5.10. The van der Waals surface area contributed by atoms with Crippen molar-refractivity contribution < 1.29 is 23.8 Å². The van der Waals surface area contributed by atoms with Crippen LogP contribution in [0.25, 0.3) is 31.8 Å². The summed E-state index contributed by atoms with van der Waals surface area (Å²) in [5.74, 6) is 0.121. The Morgan fingerprint density at radius 1 is 1.15 bits per heavy atom. The van der Waals surface area contributed by atoms with Crippen molar-refractivity contribution in [1.82, 2.24) is 24.9 Å². The second kappa shape index (κ2) is 10.4. The van der Waals surface area contributed by atoms with E-state index in [0.29, 0.717) is 49.1 Å². The molecular formula is C26H20FN7O4S. The maximum atomic E-state index is 15.0. The van der Waals surface area contributed by atoms with E-state index in [9.17, 15) is 19.6 Å². The molecule has 5 rings (SSSR count). The number of aromatic nitrogens is 5. The molecule has 2 aromatic carbocycles. The zero-order valence-corrected chi connectivity index (χ0v) is 21.7. The van der Waals surface area contributed by atoms with Gasteiger partial charge in [0.15, 0.2) is 11.6 Å². The molecule has 0 aliphatic carbocycles. The lowest BCUT2D eigenvalue weighted by molar-refractivity contribution is 0.194. The van der Waals surface area contributed by atoms with Gasteiger partial charge in [-0.2, -0.15) is 5.26 Å². The first-order valence-electron chi connectivity index (χ1n) is 11.6. The molecule has 0 fully saturated rings. The molecule has 0 saturated heterocycles. The highest BCUT2D eigenvalue weighted by atomic mass is 32.1. The normalized spacial score (nSPS) is 11.8. The molecule has 196 valence electrons. The summed E-state index contributed by atoms with van der Waals surface area (Å²) in [6, 6.07) is 7.48. The standard InChI is InChI=1S/C26H20FN7O4S/c1-13(34(26(35)36)16-9-29-14(2)30-10-16)12-38-21-7-22-19(6-18(21)27)33-25(39-22)17-4-15(8-28)5-20-24(17)31-11-23(32-20)37-3/h4-7,9-11,13H,12H2,1-3H3,(H,35,36)/t13-/m1/s1. The first-order chi connectivity index (χ1) is 18.8. The lowest BCUT2D eigenvalue weighted by Gasteiger charge is -2.26. The summed E-state index contributed by atoms with van der Waals surface area (Å²) in [5, 5.41) is 19.7. The van der Waals surface area contributed by atoms with Crippen molar-refractivity contribution in [1.29, 1.82) is 5.26 Å². The molecule has 0 unspecified atom stereocenters. The SMILES string of the molecule is COc1cnc2c(-c3nc4cc(F)c(OC[C@@H](C)N(C(=O)O)c5cnc(C)nc5)cc4s3)cc(C#N)cc2n1. The van der Waals surface area contributed by atoms with Gasteiger partial charge >= 0.3 is 6.09 Å². The fourth-order valence-electron chi connectivity index (χ4n) is 3.94. The van der Waals surface area contributed by atoms with Crippen molar-refractivity contribution in [2.24, 2.45) is 0 Å². The van der Waals surface area contributed by atoms with E-state index < -0.39 is 18.0 Å². The van der Waals surface area contributed by atoms with Crippen LogP contribution in [0, 0.1) is 24.1 Å². The van der Waals surface area contributed by atoms with E-state index >= 15 is 0 Å². The molecule has 3 aromatic heterocycles. The Balaban J connectivity index is 1.45. The highest BCUT2D eigenvalue weighted by Crippen LogP contribution is 2.37. The zero-order chi connectivity index (χ0) is 27.7. The fraction of sp³-hybridized carbons (Fsp3) is 0.192. The van der Waals surface area contributed by atoms with Gasteiger partial charge < -0.3 is 14.6 Å². The minimum absolute atomic E-state index is 0.0461. The van der Waals surface area contributed by atoms with Crippen LogP contribution < -0.4 is 14.4 Å². The van der Waals surface area contributed by atoms with Crippen LogP contribution in [-0.4, -0.2) is 55.9 Å². The molecule has 13 heteroatoms. The smallest absolute Gasteiger partial charge is 0.412 e. The number of ether oxygens (including phenoxy) is 2. The van der Waals surface area contributed by atoms with E-state index in [1.807, 2.05) is 0 Å². The van der Waals surface area contributed by atoms with Crippen LogP contribution in [0.3, 0.4) is 0 Å². The molecule has 11 nitrogen and oxygen atoms in total. The maximum absolute atomic E-state index is 15.0. The van der Waals surface area contributed by atoms with Crippen LogP contribution >= 0.6 is 11.3 Å². The summed E-state index contributed by atoms with van der Waals surface area (Å²) in [5.41, 5.74) is 2.61. The number of nitriles is 1. The van der Waals surface area contributed by atoms with Gasteiger partial charge in [0, 0.05) is 17.7 Å². The predicted molar refractivity (Wildman–Crippen MR) is 142 cm³/mol. The minimum atomic E-state index is -1.21. The van der Waals surface area contributed by atoms with E-state index in [1.54, 1.807) is 26.0 Å². The van der Waals surface area contributed by atoms with Gasteiger partial charge in [0.25, 0.3) is 0 Å². The van der Waals surface area contributed by atoms with E-state index in [-0.39, 0.29) is 18.0 Å². The molecule has 3 heterocycles. The molecule has 0 spiro atoms. The van der Waals surface area contributed by atoms with Crippen molar-refractivity contribution >= 4 is 44.4 Å². The van der Waals surface area contributed by atoms with Gasteiger partial charge in [-0.1, -0.05) is 0 Å². The summed E-state index contributed by atoms with van der Waals surface area (Å²) in [6.45, 7) is 3.21. The first-order valence-corrected chi connectivity index (χ1v) is 12.4. The van der Waals surface area contributed by atoms with Crippen LogP contribution in [0.2, 0.25) is 0 Å². The van der Waals surface area contributed by atoms with Gasteiger partial charge in [-0.05, 0) is 26.0 Å². The van der Waals surface area contributed by atoms with Crippen molar-refractivity contribution in [2.75, 3.05) is 18.6 Å². The van der Waals surface area contributed by atoms with Crippen molar-refractivity contribution in [3.8, 4) is 28.3 Å². The number of hydrogen-bond donors (Lipinski definition) is 1. The average molecular weight is 546 g/mol. The third-order valence-corrected chi connectivity index (χ3v) is 6.86. The summed E-state index contributed by atoms with van der Waals surface area (Å²) in [4.78, 5) is 34.4. The number of nitrogens with zero attached hydrogens (tertiary/aromatic N) is 7. The summed E-state index contributed by atoms with van der Waals surface area (Å²) in [7, 11) is 1.48. The Hall–Kier alpha value is -4.96. The molecule has 39 heavy (non-hydrogen) atoms. The molecule has 5 aromatic rings. The highest BCUT2D eigenvalue weighted by Gasteiger charge is 2.24. The highest BCUT2D eigenvalue weighted by molar-refractivity contribution is 7.21. The number of fused-ring (bicyclic) bond motifs is 2. The van der Waals surface area contributed by atoms with Gasteiger partial charge in [0.05, 0.1) is 70.3 Å². The lowest BCUT2D eigenvalue weighted by Crippen LogP contribution is -2.41. The van der Waals surface area contributed by atoms with Crippen molar-refractivity contribution in [3.63, 3.8) is 0 Å². The van der Waals surface area contributed by atoms with E-state index in [0.717, 1.165) is 4.90 Å². The van der Waals surface area contributed by atoms with Crippen LogP contribution in [0.4, 0.5) is 14.9 Å². The molecule has 0 saturated carbocycles. The average Bonchev–Trinajstić information content (AvgIpc) is 3.34. The van der Waals surface area contributed by atoms with Gasteiger partial charge in [-0.3, -0.25) is 4.90 Å². The number of methoxy groups -OCH3 is 1. The Morgan fingerprint density at radius 3 is 2.62 bits per heavy atom. The number of benzene rings is 2. The van der Waals surface area contributed by atoms with Gasteiger partial charge in [-0.25, -0.2) is 34.1 Å². The van der Waals surface area contributed by atoms with Crippen molar-refractivity contribution in [2.45, 2.75) is 19.9 Å². The van der Waals surface area contributed by atoms with E-state index in [2.05, 4.69) is 31.0 Å². The number of carboxylic acid groups (broad SMARTS) is 1. The number of carbonyl (C=O) groups is 1. The number of hydrogen-bond acceptors (Lipinski definition) is 10. The zero-order valence-electron chi connectivity index (χ0n) is 20.9. The van der Waals surface area contributed by atoms with Crippen LogP contribution in [-0.2, 0) is 0 Å². The quantitative estimate of drug-likeness (QED) is 0.297. The summed E-state index contributed by atoms with van der Waals surface area (Å²) in [6.07, 6.45) is 3.07. The number of rotatable bonds is 7. The monoisotopic (exact) mass is 545 g/mol. The Kier molecular flexibility index (Phi) is 6.86. The topological polar surface area (TPSA) is 147 Å².